The molecule has 110 valence electrons. The Kier molecular flexibility index (Phi) is 4.21. The molecule has 0 aromatic heterocycles. The molecule has 0 unspecified atom stereocenters. The van der Waals surface area contributed by atoms with Crippen LogP contribution in [-0.2, 0) is 16.0 Å². The predicted molar refractivity (Wildman–Crippen MR) is 79.4 cm³/mol. The van der Waals surface area contributed by atoms with Gasteiger partial charge in [-0.05, 0) is 23.6 Å². The lowest BCUT2D eigenvalue weighted by Gasteiger charge is -2.28. The number of aryl methyl sites for hydroxylation is 1. The van der Waals surface area contributed by atoms with E-state index in [0.717, 1.165) is 28.2 Å². The molecule has 0 N–H and O–H groups in total. The van der Waals surface area contributed by atoms with Crippen molar-refractivity contribution in [3.8, 4) is 0 Å². The minimum absolute atomic E-state index is 0.00263. The lowest BCUT2D eigenvalue weighted by molar-refractivity contribution is -0.134. The van der Waals surface area contributed by atoms with Gasteiger partial charge in [0, 0.05) is 14.1 Å². The van der Waals surface area contributed by atoms with Crippen LogP contribution in [0.1, 0.15) is 24.5 Å². The summed E-state index contributed by atoms with van der Waals surface area (Å²) in [5.41, 5.74) is 1.98. The zero-order valence-corrected chi connectivity index (χ0v) is 12.4. The first-order valence-electron chi connectivity index (χ1n) is 6.86. The number of rotatable bonds is 3. The van der Waals surface area contributed by atoms with Gasteiger partial charge in [-0.1, -0.05) is 37.6 Å². The third-order valence-electron chi connectivity index (χ3n) is 3.47. The summed E-state index contributed by atoms with van der Waals surface area (Å²) in [6, 6.07) is 7.09. The molecule has 5 nitrogen and oxygen atoms in total. The number of carbonyl (C=O) groups excluding carboxylic acids is 3. The average molecular weight is 286 g/mol. The molecule has 0 spiro atoms. The van der Waals surface area contributed by atoms with Crippen LogP contribution in [-0.4, -0.2) is 41.7 Å². The molecular weight excluding hydrogens is 268 g/mol. The summed E-state index contributed by atoms with van der Waals surface area (Å²) >= 11 is 0. The van der Waals surface area contributed by atoms with E-state index in [2.05, 4.69) is 6.92 Å². The van der Waals surface area contributed by atoms with Crippen LogP contribution in [0.5, 0.6) is 0 Å². The van der Waals surface area contributed by atoms with Gasteiger partial charge in [-0.15, -0.1) is 0 Å². The second-order valence-electron chi connectivity index (χ2n) is 5.06. The van der Waals surface area contributed by atoms with E-state index >= 15 is 0 Å². The molecule has 1 aliphatic rings. The van der Waals surface area contributed by atoms with Gasteiger partial charge in [-0.2, -0.15) is 0 Å². The summed E-state index contributed by atoms with van der Waals surface area (Å²) in [5, 5.41) is 0. The Morgan fingerprint density at radius 1 is 0.952 bits per heavy atom. The average Bonchev–Trinajstić information content (AvgIpc) is 2.49. The van der Waals surface area contributed by atoms with Crippen LogP contribution in [0, 0.1) is 0 Å². The zero-order valence-electron chi connectivity index (χ0n) is 12.4. The molecule has 0 aliphatic carbocycles. The van der Waals surface area contributed by atoms with Crippen molar-refractivity contribution in [2.24, 2.45) is 0 Å². The molecule has 1 aromatic rings. The van der Waals surface area contributed by atoms with Gasteiger partial charge in [0.25, 0.3) is 11.8 Å². The number of nitrogens with zero attached hydrogens (tertiary/aromatic N) is 2. The second-order valence-corrected chi connectivity index (χ2v) is 5.06. The normalized spacial score (nSPS) is 15.8. The van der Waals surface area contributed by atoms with Crippen molar-refractivity contribution in [3.63, 3.8) is 0 Å². The Morgan fingerprint density at radius 3 is 1.95 bits per heavy atom. The molecule has 4 amide bonds. The number of amides is 4. The van der Waals surface area contributed by atoms with E-state index in [1.165, 1.54) is 25.7 Å². The largest absolute Gasteiger partial charge is 0.333 e. The number of hydrogen-bond donors (Lipinski definition) is 0. The first kappa shape index (κ1) is 15.0. The summed E-state index contributed by atoms with van der Waals surface area (Å²) in [6.07, 6.45) is 3.59. The van der Waals surface area contributed by atoms with Crippen LogP contribution >= 0.6 is 0 Å². The number of urea groups is 1. The van der Waals surface area contributed by atoms with E-state index in [4.69, 9.17) is 0 Å². The van der Waals surface area contributed by atoms with Crippen molar-refractivity contribution < 1.29 is 14.4 Å². The first-order valence-corrected chi connectivity index (χ1v) is 6.86. The van der Waals surface area contributed by atoms with Crippen LogP contribution in [0.3, 0.4) is 0 Å². The number of imide groups is 2. The Hall–Kier alpha value is -2.43. The molecule has 1 aromatic carbocycles. The summed E-state index contributed by atoms with van der Waals surface area (Å²) in [6.45, 7) is 2.11. The quantitative estimate of drug-likeness (QED) is 0.631. The zero-order chi connectivity index (χ0) is 15.6. The van der Waals surface area contributed by atoms with E-state index in [-0.39, 0.29) is 5.57 Å². The van der Waals surface area contributed by atoms with Gasteiger partial charge in [0.1, 0.15) is 5.57 Å². The molecule has 1 heterocycles. The fourth-order valence-corrected chi connectivity index (χ4v) is 2.21. The van der Waals surface area contributed by atoms with Gasteiger partial charge >= 0.3 is 6.03 Å². The van der Waals surface area contributed by atoms with Crippen LogP contribution in [0.4, 0.5) is 4.79 Å². The molecule has 0 atom stereocenters. The minimum atomic E-state index is -0.611. The van der Waals surface area contributed by atoms with Crippen molar-refractivity contribution in [2.45, 2.75) is 19.8 Å². The van der Waals surface area contributed by atoms with Crippen molar-refractivity contribution in [1.29, 1.82) is 0 Å². The van der Waals surface area contributed by atoms with Crippen LogP contribution < -0.4 is 0 Å². The van der Waals surface area contributed by atoms with Gasteiger partial charge in [-0.3, -0.25) is 19.4 Å². The Morgan fingerprint density at radius 2 is 1.48 bits per heavy atom. The SMILES string of the molecule is CCCc1ccc(C=C2C(=O)N(C)C(=O)N(C)C2=O)cc1. The fourth-order valence-electron chi connectivity index (χ4n) is 2.21. The summed E-state index contributed by atoms with van der Waals surface area (Å²) in [4.78, 5) is 37.6. The molecule has 0 saturated carbocycles. The van der Waals surface area contributed by atoms with Gasteiger partial charge < -0.3 is 0 Å². The molecule has 0 radical (unpaired) electrons. The highest BCUT2D eigenvalue weighted by molar-refractivity contribution is 6.30. The van der Waals surface area contributed by atoms with Gasteiger partial charge in [0.15, 0.2) is 0 Å². The molecule has 21 heavy (non-hydrogen) atoms. The van der Waals surface area contributed by atoms with Gasteiger partial charge in [-0.25, -0.2) is 4.79 Å². The maximum Gasteiger partial charge on any atom is 0.333 e. The van der Waals surface area contributed by atoms with Crippen molar-refractivity contribution in [1.82, 2.24) is 9.80 Å². The van der Waals surface area contributed by atoms with E-state index in [1.807, 2.05) is 24.3 Å². The van der Waals surface area contributed by atoms with E-state index in [9.17, 15) is 14.4 Å². The number of carbonyl (C=O) groups is 3. The first-order chi connectivity index (χ1) is 9.95. The van der Waals surface area contributed by atoms with Gasteiger partial charge in [0.05, 0.1) is 0 Å². The van der Waals surface area contributed by atoms with E-state index in [0.29, 0.717) is 0 Å². The highest BCUT2D eigenvalue weighted by Crippen LogP contribution is 2.18. The summed E-state index contributed by atoms with van der Waals surface area (Å²) in [5.74, 6) is -1.14. The maximum absolute atomic E-state index is 12.1. The number of likely N-dealkylation sites (N-methyl/N-ethyl adjacent to an activating group) is 2. The maximum atomic E-state index is 12.1. The smallest absolute Gasteiger partial charge is 0.268 e. The summed E-state index contributed by atoms with van der Waals surface area (Å²) in [7, 11) is 2.73. The third kappa shape index (κ3) is 2.86. The van der Waals surface area contributed by atoms with Crippen molar-refractivity contribution >= 4 is 23.9 Å². The van der Waals surface area contributed by atoms with Gasteiger partial charge in [0.2, 0.25) is 0 Å². The molecule has 0 bridgehead atoms. The number of benzene rings is 1. The van der Waals surface area contributed by atoms with Crippen LogP contribution in [0.2, 0.25) is 0 Å². The van der Waals surface area contributed by atoms with Crippen molar-refractivity contribution in [3.05, 3.63) is 41.0 Å². The Bertz CT molecular complexity index is 591. The molecule has 1 fully saturated rings. The highest BCUT2D eigenvalue weighted by Gasteiger charge is 2.37. The molecule has 2 rings (SSSR count). The second kappa shape index (κ2) is 5.91. The molecule has 5 heteroatoms. The molecule has 1 saturated heterocycles. The standard InChI is InChI=1S/C16H18N2O3/c1-4-5-11-6-8-12(9-7-11)10-13-14(19)17(2)16(21)18(3)15(13)20/h6-10H,4-5H2,1-3H3. The van der Waals surface area contributed by atoms with Crippen LogP contribution in [0.15, 0.2) is 29.8 Å². The number of hydrogen-bond acceptors (Lipinski definition) is 3. The molecular formula is C16H18N2O3. The predicted octanol–water partition coefficient (Wildman–Crippen LogP) is 2.07. The Balaban J connectivity index is 2.32. The highest BCUT2D eigenvalue weighted by atomic mass is 16.2. The topological polar surface area (TPSA) is 57.7 Å². The van der Waals surface area contributed by atoms with Crippen LogP contribution in [0.25, 0.3) is 6.08 Å². The minimum Gasteiger partial charge on any atom is -0.268 e. The van der Waals surface area contributed by atoms with E-state index < -0.39 is 17.8 Å². The summed E-state index contributed by atoms with van der Waals surface area (Å²) < 4.78 is 0. The van der Waals surface area contributed by atoms with E-state index in [1.54, 1.807) is 0 Å². The third-order valence-corrected chi connectivity index (χ3v) is 3.47. The lowest BCUT2D eigenvalue weighted by atomic mass is 10.0. The van der Waals surface area contributed by atoms with Crippen molar-refractivity contribution in [2.75, 3.05) is 14.1 Å². The lowest BCUT2D eigenvalue weighted by Crippen LogP contribution is -2.52. The monoisotopic (exact) mass is 286 g/mol. The number of barbiturate groups is 1. The Labute approximate surface area is 123 Å². The molecule has 1 aliphatic heterocycles. The fraction of sp³-hybridized carbons (Fsp3) is 0.312.